The molecule has 0 N–H and O–H groups in total. The first kappa shape index (κ1) is 12.4. The molecular formula is C9H17FO3. The van der Waals surface area contributed by atoms with Crippen LogP contribution in [0.3, 0.4) is 0 Å². The minimum absolute atomic E-state index is 0.0229. The molecule has 1 unspecified atom stereocenters. The number of rotatable bonds is 5. The molecule has 0 spiro atoms. The van der Waals surface area contributed by atoms with E-state index in [4.69, 9.17) is 4.74 Å². The van der Waals surface area contributed by atoms with E-state index in [0.717, 1.165) is 0 Å². The van der Waals surface area contributed by atoms with Gasteiger partial charge in [0, 0.05) is 20.1 Å². The molecule has 0 heterocycles. The number of methoxy groups -OCH3 is 1. The Hall–Kier alpha value is -0.640. The number of carbonyl (C=O) groups is 1. The third-order valence-corrected chi connectivity index (χ3v) is 1.54. The minimum atomic E-state index is -1.94. The number of alkyl halides is 1. The van der Waals surface area contributed by atoms with Crippen LogP contribution in [0.5, 0.6) is 0 Å². The average Bonchev–Trinajstić information content (AvgIpc) is 1.99. The summed E-state index contributed by atoms with van der Waals surface area (Å²) in [6.07, 6.45) is -0.264. The summed E-state index contributed by atoms with van der Waals surface area (Å²) in [7, 11) is 1.46. The normalized spacial score (nSPS) is 15.5. The fourth-order valence-electron chi connectivity index (χ4n) is 0.733. The quantitative estimate of drug-likeness (QED) is 0.622. The number of hydrogen-bond donors (Lipinski definition) is 0. The summed E-state index contributed by atoms with van der Waals surface area (Å²) in [4.78, 5) is 11.1. The summed E-state index contributed by atoms with van der Waals surface area (Å²) in [6.45, 7) is 4.78. The minimum Gasteiger partial charge on any atom is -0.461 e. The van der Waals surface area contributed by atoms with E-state index >= 15 is 0 Å². The number of esters is 1. The van der Waals surface area contributed by atoms with Gasteiger partial charge in [-0.15, -0.1) is 0 Å². The lowest BCUT2D eigenvalue weighted by atomic mass is 10.1. The predicted molar refractivity (Wildman–Crippen MR) is 47.2 cm³/mol. The maximum absolute atomic E-state index is 13.5. The van der Waals surface area contributed by atoms with Gasteiger partial charge in [0.25, 0.3) is 0 Å². The molecule has 0 fully saturated rings. The average molecular weight is 192 g/mol. The molecule has 0 bridgehead atoms. The van der Waals surface area contributed by atoms with E-state index < -0.39 is 11.6 Å². The largest absolute Gasteiger partial charge is 0.461 e. The SMILES string of the molecule is COCCC(C)(F)C(=O)OC(C)C. The molecule has 4 heteroatoms. The zero-order valence-corrected chi connectivity index (χ0v) is 8.59. The second-order valence-corrected chi connectivity index (χ2v) is 3.39. The third kappa shape index (κ3) is 4.83. The van der Waals surface area contributed by atoms with Crippen molar-refractivity contribution in [2.75, 3.05) is 13.7 Å². The van der Waals surface area contributed by atoms with Gasteiger partial charge in [-0.1, -0.05) is 0 Å². The molecular weight excluding hydrogens is 175 g/mol. The molecule has 0 aliphatic heterocycles. The Morgan fingerprint density at radius 1 is 1.54 bits per heavy atom. The molecule has 78 valence electrons. The fraction of sp³-hybridized carbons (Fsp3) is 0.889. The highest BCUT2D eigenvalue weighted by Crippen LogP contribution is 2.18. The zero-order chi connectivity index (χ0) is 10.5. The molecule has 0 aromatic rings. The maximum Gasteiger partial charge on any atom is 0.343 e. The molecule has 0 aliphatic carbocycles. The van der Waals surface area contributed by atoms with Crippen molar-refractivity contribution < 1.29 is 18.7 Å². The van der Waals surface area contributed by atoms with Gasteiger partial charge in [0.05, 0.1) is 6.10 Å². The van der Waals surface area contributed by atoms with Crippen LogP contribution in [0.2, 0.25) is 0 Å². The van der Waals surface area contributed by atoms with Gasteiger partial charge in [-0.25, -0.2) is 9.18 Å². The summed E-state index contributed by atoms with van der Waals surface area (Å²) in [5.74, 6) is -0.820. The van der Waals surface area contributed by atoms with Crippen molar-refractivity contribution in [3.05, 3.63) is 0 Å². The molecule has 13 heavy (non-hydrogen) atoms. The van der Waals surface area contributed by atoms with Crippen LogP contribution in [0.15, 0.2) is 0 Å². The Bertz CT molecular complexity index is 166. The predicted octanol–water partition coefficient (Wildman–Crippen LogP) is 1.70. The second-order valence-electron chi connectivity index (χ2n) is 3.39. The summed E-state index contributed by atoms with van der Waals surface area (Å²) in [6, 6.07) is 0. The molecule has 0 radical (unpaired) electrons. The number of ether oxygens (including phenoxy) is 2. The maximum atomic E-state index is 13.5. The van der Waals surface area contributed by atoms with Crippen LogP contribution < -0.4 is 0 Å². The van der Waals surface area contributed by atoms with Crippen LogP contribution >= 0.6 is 0 Å². The Balaban J connectivity index is 4.03. The van der Waals surface area contributed by atoms with Gasteiger partial charge >= 0.3 is 5.97 Å². The number of carbonyl (C=O) groups excluding carboxylic acids is 1. The van der Waals surface area contributed by atoms with Crippen molar-refractivity contribution in [2.45, 2.75) is 39.0 Å². The van der Waals surface area contributed by atoms with Crippen LogP contribution in [-0.2, 0) is 14.3 Å². The van der Waals surface area contributed by atoms with Crippen LogP contribution in [-0.4, -0.2) is 31.5 Å². The molecule has 0 amide bonds. The molecule has 0 aromatic heterocycles. The third-order valence-electron chi connectivity index (χ3n) is 1.54. The standard InChI is InChI=1S/C9H17FO3/c1-7(2)13-8(11)9(3,10)5-6-12-4/h7H,5-6H2,1-4H3. The van der Waals surface area contributed by atoms with Crippen molar-refractivity contribution in [1.82, 2.24) is 0 Å². The summed E-state index contributed by atoms with van der Waals surface area (Å²) in [5.41, 5.74) is -1.94. The van der Waals surface area contributed by atoms with E-state index in [1.807, 2.05) is 0 Å². The Morgan fingerprint density at radius 3 is 2.46 bits per heavy atom. The van der Waals surface area contributed by atoms with Crippen LogP contribution in [0.25, 0.3) is 0 Å². The van der Waals surface area contributed by atoms with Gasteiger partial charge in [0.2, 0.25) is 5.67 Å². The summed E-state index contributed by atoms with van der Waals surface area (Å²) in [5, 5.41) is 0. The van der Waals surface area contributed by atoms with Crippen molar-refractivity contribution in [3.8, 4) is 0 Å². The van der Waals surface area contributed by atoms with E-state index in [1.54, 1.807) is 13.8 Å². The molecule has 0 saturated heterocycles. The van der Waals surface area contributed by atoms with Crippen LogP contribution in [0.4, 0.5) is 4.39 Å². The lowest BCUT2D eigenvalue weighted by Crippen LogP contribution is -2.35. The van der Waals surface area contributed by atoms with Crippen molar-refractivity contribution in [3.63, 3.8) is 0 Å². The van der Waals surface area contributed by atoms with Crippen LogP contribution in [0, 0.1) is 0 Å². The second kappa shape index (κ2) is 5.17. The van der Waals surface area contributed by atoms with Gasteiger partial charge < -0.3 is 9.47 Å². The fourth-order valence-corrected chi connectivity index (χ4v) is 0.733. The highest BCUT2D eigenvalue weighted by molar-refractivity contribution is 5.78. The molecule has 0 aromatic carbocycles. The Labute approximate surface area is 78.2 Å². The lowest BCUT2D eigenvalue weighted by molar-refractivity contribution is -0.161. The first-order valence-electron chi connectivity index (χ1n) is 4.29. The van der Waals surface area contributed by atoms with E-state index in [0.29, 0.717) is 0 Å². The van der Waals surface area contributed by atoms with Crippen molar-refractivity contribution in [2.24, 2.45) is 0 Å². The van der Waals surface area contributed by atoms with Crippen LogP contribution in [0.1, 0.15) is 27.2 Å². The van der Waals surface area contributed by atoms with Gasteiger partial charge in [0.1, 0.15) is 0 Å². The van der Waals surface area contributed by atoms with E-state index in [9.17, 15) is 9.18 Å². The molecule has 1 atom stereocenters. The Kier molecular flexibility index (Phi) is 4.91. The monoisotopic (exact) mass is 192 g/mol. The Morgan fingerprint density at radius 2 is 2.08 bits per heavy atom. The zero-order valence-electron chi connectivity index (χ0n) is 8.59. The first-order valence-corrected chi connectivity index (χ1v) is 4.29. The summed E-state index contributed by atoms with van der Waals surface area (Å²) >= 11 is 0. The topological polar surface area (TPSA) is 35.5 Å². The highest BCUT2D eigenvalue weighted by atomic mass is 19.1. The van der Waals surface area contributed by atoms with Gasteiger partial charge in [-0.05, 0) is 20.8 Å². The lowest BCUT2D eigenvalue weighted by Gasteiger charge is -2.19. The van der Waals surface area contributed by atoms with Gasteiger partial charge in [-0.3, -0.25) is 0 Å². The smallest absolute Gasteiger partial charge is 0.343 e. The number of halogens is 1. The highest BCUT2D eigenvalue weighted by Gasteiger charge is 2.34. The molecule has 3 nitrogen and oxygen atoms in total. The molecule has 0 aliphatic rings. The van der Waals surface area contributed by atoms with E-state index in [1.165, 1.54) is 14.0 Å². The summed E-state index contributed by atoms with van der Waals surface area (Å²) < 4.78 is 22.9. The van der Waals surface area contributed by atoms with E-state index in [-0.39, 0.29) is 19.1 Å². The van der Waals surface area contributed by atoms with Gasteiger partial charge in [0.15, 0.2) is 0 Å². The molecule has 0 saturated carbocycles. The van der Waals surface area contributed by atoms with Crippen molar-refractivity contribution in [1.29, 1.82) is 0 Å². The van der Waals surface area contributed by atoms with Gasteiger partial charge in [-0.2, -0.15) is 0 Å². The van der Waals surface area contributed by atoms with E-state index in [2.05, 4.69) is 4.74 Å². The van der Waals surface area contributed by atoms with Crippen molar-refractivity contribution >= 4 is 5.97 Å². The first-order chi connectivity index (χ1) is 5.90. The number of hydrogen-bond acceptors (Lipinski definition) is 3. The molecule has 0 rings (SSSR count).